The highest BCUT2D eigenvalue weighted by atomic mass is 16.5. The van der Waals surface area contributed by atoms with Gasteiger partial charge in [-0.2, -0.15) is 0 Å². The molecule has 0 saturated carbocycles. The highest BCUT2D eigenvalue weighted by molar-refractivity contribution is 5.92. The molecule has 4 aromatic rings. The fourth-order valence-electron chi connectivity index (χ4n) is 3.62. The average molecular weight is 451 g/mol. The van der Waals surface area contributed by atoms with Gasteiger partial charge < -0.3 is 9.47 Å². The van der Waals surface area contributed by atoms with Gasteiger partial charge in [0.1, 0.15) is 11.9 Å². The molecule has 0 amide bonds. The molecule has 4 nitrogen and oxygen atoms in total. The van der Waals surface area contributed by atoms with Crippen molar-refractivity contribution in [1.82, 2.24) is 0 Å². The van der Waals surface area contributed by atoms with Crippen LogP contribution in [-0.2, 0) is 4.74 Å². The van der Waals surface area contributed by atoms with Gasteiger partial charge in [-0.15, -0.1) is 0 Å². The Morgan fingerprint density at radius 2 is 1.21 bits per heavy atom. The summed E-state index contributed by atoms with van der Waals surface area (Å²) < 4.78 is 11.1. The van der Waals surface area contributed by atoms with Crippen LogP contribution in [-0.4, -0.2) is 11.9 Å². The molecule has 0 aliphatic carbocycles. The van der Waals surface area contributed by atoms with Gasteiger partial charge in [0.2, 0.25) is 0 Å². The summed E-state index contributed by atoms with van der Waals surface area (Å²) in [5, 5.41) is 0. The fourth-order valence-corrected chi connectivity index (χ4v) is 3.62. The molecular weight excluding hydrogens is 424 g/mol. The van der Waals surface area contributed by atoms with Gasteiger partial charge >= 0.3 is 11.9 Å². The SMILES string of the molecule is CCC(OC(=O)c1ccc(OC(=O)c2ccc(-c3ccc(C)cc3)cc2)cc1)c1ccccc1. The quantitative estimate of drug-likeness (QED) is 0.221. The van der Waals surface area contributed by atoms with Crippen molar-refractivity contribution < 1.29 is 19.1 Å². The largest absolute Gasteiger partial charge is 0.454 e. The Balaban J connectivity index is 1.37. The molecule has 0 spiro atoms. The number of carbonyl (C=O) groups is 2. The third-order valence-electron chi connectivity index (χ3n) is 5.60. The van der Waals surface area contributed by atoms with Gasteiger partial charge in [0.25, 0.3) is 0 Å². The second kappa shape index (κ2) is 10.6. The third kappa shape index (κ3) is 5.59. The lowest BCUT2D eigenvalue weighted by Crippen LogP contribution is -2.11. The van der Waals surface area contributed by atoms with E-state index in [1.54, 1.807) is 36.4 Å². The van der Waals surface area contributed by atoms with Gasteiger partial charge in [0, 0.05) is 0 Å². The van der Waals surface area contributed by atoms with Crippen molar-refractivity contribution in [2.24, 2.45) is 0 Å². The molecule has 0 fully saturated rings. The molecule has 4 aromatic carbocycles. The van der Waals surface area contributed by atoms with Crippen molar-refractivity contribution in [3.8, 4) is 16.9 Å². The topological polar surface area (TPSA) is 52.6 Å². The maximum atomic E-state index is 12.6. The summed E-state index contributed by atoms with van der Waals surface area (Å²) in [6.45, 7) is 4.02. The van der Waals surface area contributed by atoms with Crippen LogP contribution in [0.4, 0.5) is 0 Å². The van der Waals surface area contributed by atoms with Gasteiger partial charge in [0.05, 0.1) is 11.1 Å². The molecule has 0 radical (unpaired) electrons. The molecule has 0 heterocycles. The number of ether oxygens (including phenoxy) is 2. The van der Waals surface area contributed by atoms with E-state index in [1.165, 1.54) is 5.56 Å². The summed E-state index contributed by atoms with van der Waals surface area (Å²) in [6, 6.07) is 31.6. The number of rotatable bonds is 7. The van der Waals surface area contributed by atoms with E-state index < -0.39 is 11.9 Å². The Kier molecular flexibility index (Phi) is 7.19. The predicted octanol–water partition coefficient (Wildman–Crippen LogP) is 7.19. The molecule has 0 aliphatic heterocycles. The Labute approximate surface area is 199 Å². The minimum Gasteiger partial charge on any atom is -0.454 e. The van der Waals surface area contributed by atoms with E-state index in [1.807, 2.05) is 56.3 Å². The average Bonchev–Trinajstić information content (AvgIpc) is 2.88. The van der Waals surface area contributed by atoms with E-state index in [4.69, 9.17) is 9.47 Å². The van der Waals surface area contributed by atoms with E-state index in [2.05, 4.69) is 24.3 Å². The molecule has 170 valence electrons. The summed E-state index contributed by atoms with van der Waals surface area (Å²) >= 11 is 0. The van der Waals surface area contributed by atoms with E-state index in [0.717, 1.165) is 16.7 Å². The second-order valence-corrected chi connectivity index (χ2v) is 8.07. The minimum atomic E-state index is -0.457. The summed E-state index contributed by atoms with van der Waals surface area (Å²) in [4.78, 5) is 25.1. The van der Waals surface area contributed by atoms with Crippen LogP contribution in [0.25, 0.3) is 11.1 Å². The van der Waals surface area contributed by atoms with Gasteiger partial charge in [0.15, 0.2) is 0 Å². The summed E-state index contributed by atoms with van der Waals surface area (Å²) in [6.07, 6.45) is 0.364. The zero-order valence-corrected chi connectivity index (χ0v) is 19.2. The lowest BCUT2D eigenvalue weighted by atomic mass is 10.0. The van der Waals surface area contributed by atoms with Crippen molar-refractivity contribution in [3.63, 3.8) is 0 Å². The van der Waals surface area contributed by atoms with E-state index in [-0.39, 0.29) is 6.10 Å². The maximum absolute atomic E-state index is 12.6. The number of hydrogen-bond donors (Lipinski definition) is 0. The predicted molar refractivity (Wildman–Crippen MR) is 133 cm³/mol. The van der Waals surface area contributed by atoms with Gasteiger partial charge in [-0.1, -0.05) is 79.2 Å². The zero-order valence-electron chi connectivity index (χ0n) is 19.2. The summed E-state index contributed by atoms with van der Waals surface area (Å²) in [7, 11) is 0. The molecule has 34 heavy (non-hydrogen) atoms. The van der Waals surface area contributed by atoms with Crippen molar-refractivity contribution in [3.05, 3.63) is 125 Å². The normalized spacial score (nSPS) is 11.5. The van der Waals surface area contributed by atoms with Crippen LogP contribution >= 0.6 is 0 Å². The lowest BCUT2D eigenvalue weighted by Gasteiger charge is -2.16. The van der Waals surface area contributed by atoms with Crippen LogP contribution in [0.3, 0.4) is 0 Å². The van der Waals surface area contributed by atoms with Crippen LogP contribution in [0.15, 0.2) is 103 Å². The number of hydrogen-bond acceptors (Lipinski definition) is 4. The highest BCUT2D eigenvalue weighted by Gasteiger charge is 2.17. The first-order valence-corrected chi connectivity index (χ1v) is 11.3. The van der Waals surface area contributed by atoms with Crippen molar-refractivity contribution in [2.75, 3.05) is 0 Å². The Morgan fingerprint density at radius 3 is 1.79 bits per heavy atom. The smallest absolute Gasteiger partial charge is 0.343 e. The maximum Gasteiger partial charge on any atom is 0.343 e. The Hall–Kier alpha value is -4.18. The van der Waals surface area contributed by atoms with Crippen LogP contribution < -0.4 is 4.74 Å². The van der Waals surface area contributed by atoms with Crippen molar-refractivity contribution in [2.45, 2.75) is 26.4 Å². The molecule has 0 bridgehead atoms. The molecule has 0 aliphatic rings. The molecule has 4 heteroatoms. The molecule has 0 N–H and O–H groups in total. The summed E-state index contributed by atoms with van der Waals surface area (Å²) in [5.41, 5.74) is 5.12. The van der Waals surface area contributed by atoms with Crippen LogP contribution in [0.2, 0.25) is 0 Å². The van der Waals surface area contributed by atoms with E-state index in [0.29, 0.717) is 23.3 Å². The summed E-state index contributed by atoms with van der Waals surface area (Å²) in [5.74, 6) is -0.513. The standard InChI is InChI=1S/C30H26O4/c1-3-28(24-7-5-4-6-8-24)34-30(32)26-17-19-27(20-18-26)33-29(31)25-15-13-23(14-16-25)22-11-9-21(2)10-12-22/h4-20,28H,3H2,1-2H3. The fraction of sp³-hybridized carbons (Fsp3) is 0.133. The lowest BCUT2D eigenvalue weighted by molar-refractivity contribution is 0.0288. The highest BCUT2D eigenvalue weighted by Crippen LogP contribution is 2.24. The Bertz CT molecular complexity index is 1240. The first-order chi connectivity index (χ1) is 16.5. The minimum absolute atomic E-state index is 0.311. The third-order valence-corrected chi connectivity index (χ3v) is 5.60. The zero-order chi connectivity index (χ0) is 23.9. The first-order valence-electron chi connectivity index (χ1n) is 11.3. The van der Waals surface area contributed by atoms with Crippen LogP contribution in [0, 0.1) is 6.92 Å². The second-order valence-electron chi connectivity index (χ2n) is 8.07. The number of carbonyl (C=O) groups excluding carboxylic acids is 2. The molecule has 1 atom stereocenters. The van der Waals surface area contributed by atoms with Crippen LogP contribution in [0.1, 0.15) is 51.3 Å². The molecular formula is C30H26O4. The van der Waals surface area contributed by atoms with Gasteiger partial charge in [-0.05, 0) is 66.4 Å². The molecule has 1 unspecified atom stereocenters. The van der Waals surface area contributed by atoms with E-state index >= 15 is 0 Å². The number of esters is 2. The van der Waals surface area contributed by atoms with Crippen molar-refractivity contribution in [1.29, 1.82) is 0 Å². The van der Waals surface area contributed by atoms with Crippen molar-refractivity contribution >= 4 is 11.9 Å². The molecule has 0 saturated heterocycles. The number of benzene rings is 4. The Morgan fingerprint density at radius 1 is 0.676 bits per heavy atom. The van der Waals surface area contributed by atoms with Gasteiger partial charge in [-0.3, -0.25) is 0 Å². The van der Waals surface area contributed by atoms with Crippen LogP contribution in [0.5, 0.6) is 5.75 Å². The molecule has 0 aromatic heterocycles. The molecule has 4 rings (SSSR count). The van der Waals surface area contributed by atoms with E-state index in [9.17, 15) is 9.59 Å². The number of aryl methyl sites for hydroxylation is 1. The monoisotopic (exact) mass is 450 g/mol. The first kappa shape index (κ1) is 23.0. The van der Waals surface area contributed by atoms with Gasteiger partial charge in [-0.25, -0.2) is 9.59 Å².